The number of hydrogen-bond donors (Lipinski definition) is 0. The fourth-order valence-corrected chi connectivity index (χ4v) is 3.99. The van der Waals surface area contributed by atoms with Gasteiger partial charge in [0.25, 0.3) is 0 Å². The highest BCUT2D eigenvalue weighted by Gasteiger charge is 2.25. The minimum absolute atomic E-state index is 0.227. The quantitative estimate of drug-likeness (QED) is 0.849. The highest BCUT2D eigenvalue weighted by Crippen LogP contribution is 2.22. The second-order valence-corrected chi connectivity index (χ2v) is 6.92. The first-order valence-corrected chi connectivity index (χ1v) is 8.72. The molecule has 0 spiro atoms. The van der Waals surface area contributed by atoms with Crippen molar-refractivity contribution in [2.24, 2.45) is 5.92 Å². The van der Waals surface area contributed by atoms with Gasteiger partial charge in [0.2, 0.25) is 5.91 Å². The van der Waals surface area contributed by atoms with Crippen LogP contribution in [0.2, 0.25) is 0 Å². The summed E-state index contributed by atoms with van der Waals surface area (Å²) in [5.74, 6) is 0.984. The molecule has 0 aromatic carbocycles. The smallest absolute Gasteiger partial charge is 0.219 e. The monoisotopic (exact) mass is 308 g/mol. The Balaban J connectivity index is 1.41. The number of likely N-dealkylation sites (tertiary alicyclic amines) is 1. The number of aromatic nitrogens is 1. The molecule has 2 aliphatic heterocycles. The van der Waals surface area contributed by atoms with E-state index < -0.39 is 0 Å². The number of piperazine rings is 1. The first-order chi connectivity index (χ1) is 10.2. The van der Waals surface area contributed by atoms with Gasteiger partial charge in [0.1, 0.15) is 0 Å². The van der Waals surface area contributed by atoms with E-state index in [0.29, 0.717) is 0 Å². The van der Waals surface area contributed by atoms with Crippen LogP contribution < -0.4 is 4.90 Å². The molecule has 3 heterocycles. The number of carbonyl (C=O) groups is 1. The van der Waals surface area contributed by atoms with E-state index in [1.807, 2.05) is 16.5 Å². The lowest BCUT2D eigenvalue weighted by Crippen LogP contribution is -2.49. The molecule has 2 aliphatic rings. The van der Waals surface area contributed by atoms with E-state index in [4.69, 9.17) is 0 Å². The van der Waals surface area contributed by atoms with Crippen LogP contribution >= 0.6 is 11.3 Å². The van der Waals surface area contributed by atoms with Gasteiger partial charge < -0.3 is 9.80 Å². The lowest BCUT2D eigenvalue weighted by Gasteiger charge is -2.38. The van der Waals surface area contributed by atoms with Crippen LogP contribution in [-0.2, 0) is 4.79 Å². The minimum Gasteiger partial charge on any atom is -0.346 e. The number of piperidine rings is 1. The molecule has 0 N–H and O–H groups in total. The van der Waals surface area contributed by atoms with Crippen molar-refractivity contribution in [3.05, 3.63) is 11.6 Å². The largest absolute Gasteiger partial charge is 0.346 e. The average Bonchev–Trinajstić information content (AvgIpc) is 3.03. The zero-order valence-corrected chi connectivity index (χ0v) is 13.5. The van der Waals surface area contributed by atoms with Crippen LogP contribution in [0.3, 0.4) is 0 Å². The normalized spacial score (nSPS) is 21.8. The lowest BCUT2D eigenvalue weighted by molar-refractivity contribution is -0.130. The van der Waals surface area contributed by atoms with Gasteiger partial charge in [-0.05, 0) is 18.8 Å². The number of thiazole rings is 1. The number of amides is 1. The van der Waals surface area contributed by atoms with Crippen molar-refractivity contribution in [1.82, 2.24) is 14.8 Å². The van der Waals surface area contributed by atoms with E-state index in [-0.39, 0.29) is 5.91 Å². The van der Waals surface area contributed by atoms with Gasteiger partial charge in [-0.15, -0.1) is 11.3 Å². The molecule has 0 bridgehead atoms. The van der Waals surface area contributed by atoms with Crippen LogP contribution in [0, 0.1) is 5.92 Å². The van der Waals surface area contributed by atoms with Crippen molar-refractivity contribution >= 4 is 22.4 Å². The predicted octanol–water partition coefficient (Wildman–Crippen LogP) is 1.52. The fraction of sp³-hybridized carbons (Fsp3) is 0.733. The molecule has 2 fully saturated rings. The summed E-state index contributed by atoms with van der Waals surface area (Å²) in [4.78, 5) is 22.7. The molecule has 6 heteroatoms. The predicted molar refractivity (Wildman–Crippen MR) is 85.7 cm³/mol. The van der Waals surface area contributed by atoms with E-state index in [1.54, 1.807) is 18.3 Å². The average molecular weight is 308 g/mol. The van der Waals surface area contributed by atoms with Crippen LogP contribution in [0.1, 0.15) is 19.8 Å². The van der Waals surface area contributed by atoms with E-state index in [0.717, 1.165) is 63.2 Å². The van der Waals surface area contributed by atoms with Gasteiger partial charge in [-0.2, -0.15) is 0 Å². The van der Waals surface area contributed by atoms with Crippen LogP contribution in [0.15, 0.2) is 11.6 Å². The molecule has 1 aromatic heterocycles. The topological polar surface area (TPSA) is 39.7 Å². The van der Waals surface area contributed by atoms with Gasteiger partial charge >= 0.3 is 0 Å². The molecule has 21 heavy (non-hydrogen) atoms. The summed E-state index contributed by atoms with van der Waals surface area (Å²) in [5, 5.41) is 3.20. The lowest BCUT2D eigenvalue weighted by atomic mass is 9.96. The fourth-order valence-electron chi connectivity index (χ4n) is 3.29. The second kappa shape index (κ2) is 6.75. The molecule has 0 unspecified atom stereocenters. The number of rotatable bonds is 3. The highest BCUT2D eigenvalue weighted by molar-refractivity contribution is 7.13. The molecule has 1 aromatic rings. The maximum absolute atomic E-state index is 11.3. The molecule has 1 amide bonds. The van der Waals surface area contributed by atoms with Crippen molar-refractivity contribution < 1.29 is 4.79 Å². The Labute approximate surface area is 130 Å². The van der Waals surface area contributed by atoms with E-state index >= 15 is 0 Å². The zero-order chi connectivity index (χ0) is 14.7. The van der Waals surface area contributed by atoms with E-state index in [9.17, 15) is 4.79 Å². The summed E-state index contributed by atoms with van der Waals surface area (Å²) in [6, 6.07) is 0. The van der Waals surface area contributed by atoms with Crippen molar-refractivity contribution in [3.8, 4) is 0 Å². The number of nitrogens with zero attached hydrogens (tertiary/aromatic N) is 4. The molecule has 116 valence electrons. The van der Waals surface area contributed by atoms with Crippen molar-refractivity contribution in [3.63, 3.8) is 0 Å². The molecular weight excluding hydrogens is 284 g/mol. The molecule has 0 aliphatic carbocycles. The maximum atomic E-state index is 11.3. The molecule has 0 radical (unpaired) electrons. The molecular formula is C15H24N4OS. The number of anilines is 1. The van der Waals surface area contributed by atoms with Gasteiger partial charge in [-0.25, -0.2) is 4.98 Å². The summed E-state index contributed by atoms with van der Waals surface area (Å²) >= 11 is 1.73. The van der Waals surface area contributed by atoms with Crippen LogP contribution in [0.25, 0.3) is 0 Å². The van der Waals surface area contributed by atoms with Crippen LogP contribution in [0.4, 0.5) is 5.13 Å². The van der Waals surface area contributed by atoms with Gasteiger partial charge in [0, 0.05) is 64.3 Å². The van der Waals surface area contributed by atoms with Gasteiger partial charge in [-0.3, -0.25) is 9.69 Å². The molecule has 2 saturated heterocycles. The standard InChI is InChI=1S/C15H24N4OS/c1-13(20)18-5-2-14(3-6-18)12-17-7-9-19(10-8-17)15-16-4-11-21-15/h4,11,14H,2-3,5-10,12H2,1H3. The summed E-state index contributed by atoms with van der Waals surface area (Å²) in [7, 11) is 0. The number of hydrogen-bond acceptors (Lipinski definition) is 5. The molecule has 0 saturated carbocycles. The van der Waals surface area contributed by atoms with E-state index in [2.05, 4.69) is 14.8 Å². The Bertz CT molecular complexity index is 448. The minimum atomic E-state index is 0.227. The third-order valence-corrected chi connectivity index (χ3v) is 5.47. The maximum Gasteiger partial charge on any atom is 0.219 e. The Kier molecular flexibility index (Phi) is 4.75. The SMILES string of the molecule is CC(=O)N1CCC(CN2CCN(c3nccs3)CC2)CC1. The zero-order valence-electron chi connectivity index (χ0n) is 12.7. The van der Waals surface area contributed by atoms with Crippen LogP contribution in [-0.4, -0.2) is 66.5 Å². The summed E-state index contributed by atoms with van der Waals surface area (Å²) in [6.07, 6.45) is 4.20. The Morgan fingerprint density at radius 2 is 1.95 bits per heavy atom. The summed E-state index contributed by atoms with van der Waals surface area (Å²) in [6.45, 7) is 9.19. The van der Waals surface area contributed by atoms with Gasteiger partial charge in [0.05, 0.1) is 0 Å². The summed E-state index contributed by atoms with van der Waals surface area (Å²) < 4.78 is 0. The first-order valence-electron chi connectivity index (χ1n) is 7.84. The Hall–Kier alpha value is -1.14. The summed E-state index contributed by atoms with van der Waals surface area (Å²) in [5.41, 5.74) is 0. The first kappa shape index (κ1) is 14.8. The van der Waals surface area contributed by atoms with Crippen molar-refractivity contribution in [1.29, 1.82) is 0 Å². The third-order valence-electron chi connectivity index (χ3n) is 4.64. The van der Waals surface area contributed by atoms with E-state index in [1.165, 1.54) is 6.54 Å². The molecule has 5 nitrogen and oxygen atoms in total. The Morgan fingerprint density at radius 3 is 2.52 bits per heavy atom. The highest BCUT2D eigenvalue weighted by atomic mass is 32.1. The van der Waals surface area contributed by atoms with Crippen molar-refractivity contribution in [2.45, 2.75) is 19.8 Å². The van der Waals surface area contributed by atoms with Crippen LogP contribution in [0.5, 0.6) is 0 Å². The molecule has 3 rings (SSSR count). The van der Waals surface area contributed by atoms with Gasteiger partial charge in [0.15, 0.2) is 5.13 Å². The third kappa shape index (κ3) is 3.74. The van der Waals surface area contributed by atoms with Gasteiger partial charge in [-0.1, -0.05) is 0 Å². The number of carbonyl (C=O) groups excluding carboxylic acids is 1. The molecule has 0 atom stereocenters. The second-order valence-electron chi connectivity index (χ2n) is 6.05. The Morgan fingerprint density at radius 1 is 1.24 bits per heavy atom. The van der Waals surface area contributed by atoms with Crippen molar-refractivity contribution in [2.75, 3.05) is 50.7 Å².